The Labute approximate surface area is 128 Å². The average molecular weight is 296 g/mol. The van der Waals surface area contributed by atoms with E-state index in [1.165, 1.54) is 10.5 Å². The van der Waals surface area contributed by atoms with Crippen molar-refractivity contribution in [2.45, 2.75) is 17.2 Å². The highest BCUT2D eigenvalue weighted by molar-refractivity contribution is 7.99. The number of carbonyl (C=O) groups is 1. The molecular formula is C17H16N2OS. The van der Waals surface area contributed by atoms with Gasteiger partial charge < -0.3 is 10.6 Å². The Morgan fingerprint density at radius 2 is 2.10 bits per heavy atom. The molecule has 0 aliphatic carbocycles. The molecule has 3 nitrogen and oxygen atoms in total. The Morgan fingerprint density at radius 3 is 3.00 bits per heavy atom. The van der Waals surface area contributed by atoms with E-state index in [0.29, 0.717) is 12.3 Å². The molecule has 0 spiro atoms. The van der Waals surface area contributed by atoms with Crippen molar-refractivity contribution in [2.24, 2.45) is 0 Å². The summed E-state index contributed by atoms with van der Waals surface area (Å²) in [4.78, 5) is 15.6. The summed E-state index contributed by atoms with van der Waals surface area (Å²) in [6, 6.07) is 14.3. The number of nitrogens with zero attached hydrogens (tertiary/aromatic N) is 1. The van der Waals surface area contributed by atoms with E-state index >= 15 is 0 Å². The van der Waals surface area contributed by atoms with Crippen molar-refractivity contribution in [2.75, 3.05) is 22.9 Å². The molecule has 1 unspecified atom stereocenters. The summed E-state index contributed by atoms with van der Waals surface area (Å²) in [7, 11) is 0. The van der Waals surface area contributed by atoms with Gasteiger partial charge in [0.15, 0.2) is 0 Å². The number of benzene rings is 2. The fourth-order valence-electron chi connectivity index (χ4n) is 3.20. The summed E-state index contributed by atoms with van der Waals surface area (Å²) < 4.78 is 0. The van der Waals surface area contributed by atoms with Crippen molar-refractivity contribution < 1.29 is 4.79 Å². The lowest BCUT2D eigenvalue weighted by atomic mass is 10.0. The SMILES string of the molecule is Nc1ccc2c(c1)CC(=O)N2CC1CSc2ccccc21. The molecule has 1 amide bonds. The fourth-order valence-corrected chi connectivity index (χ4v) is 4.45. The van der Waals surface area contributed by atoms with Crippen molar-refractivity contribution in [3.05, 3.63) is 53.6 Å². The van der Waals surface area contributed by atoms with Crippen LogP contribution in [0.1, 0.15) is 17.0 Å². The van der Waals surface area contributed by atoms with E-state index < -0.39 is 0 Å². The van der Waals surface area contributed by atoms with Gasteiger partial charge in [0, 0.05) is 34.5 Å². The van der Waals surface area contributed by atoms with E-state index in [1.54, 1.807) is 0 Å². The van der Waals surface area contributed by atoms with E-state index in [2.05, 4.69) is 24.3 Å². The molecule has 2 N–H and O–H groups in total. The molecule has 0 radical (unpaired) electrons. The third-order valence-electron chi connectivity index (χ3n) is 4.24. The second-order valence-electron chi connectivity index (χ2n) is 5.62. The molecule has 2 aliphatic heterocycles. The number of amides is 1. The first-order valence-electron chi connectivity index (χ1n) is 7.13. The number of nitrogen functional groups attached to an aromatic ring is 1. The zero-order valence-electron chi connectivity index (χ0n) is 11.6. The number of fused-ring (bicyclic) bond motifs is 2. The monoisotopic (exact) mass is 296 g/mol. The van der Waals surface area contributed by atoms with Crippen molar-refractivity contribution in [1.29, 1.82) is 0 Å². The smallest absolute Gasteiger partial charge is 0.231 e. The van der Waals surface area contributed by atoms with Crippen molar-refractivity contribution in [3.8, 4) is 0 Å². The first-order valence-corrected chi connectivity index (χ1v) is 8.11. The van der Waals surface area contributed by atoms with Gasteiger partial charge >= 0.3 is 0 Å². The standard InChI is InChI=1S/C17H16N2OS/c18-13-5-6-15-11(7-13)8-17(20)19(15)9-12-10-21-16-4-2-1-3-14(12)16/h1-7,12H,8-10,18H2. The topological polar surface area (TPSA) is 46.3 Å². The molecule has 2 heterocycles. The summed E-state index contributed by atoms with van der Waals surface area (Å²) in [5.41, 5.74) is 10.0. The maximum absolute atomic E-state index is 12.3. The van der Waals surface area contributed by atoms with Gasteiger partial charge in [-0.25, -0.2) is 0 Å². The Hall–Kier alpha value is -1.94. The van der Waals surface area contributed by atoms with Gasteiger partial charge in [0.2, 0.25) is 5.91 Å². The van der Waals surface area contributed by atoms with Crippen LogP contribution in [0.15, 0.2) is 47.4 Å². The molecule has 2 aromatic carbocycles. The van der Waals surface area contributed by atoms with Crippen molar-refractivity contribution >= 4 is 29.0 Å². The maximum atomic E-state index is 12.3. The normalized spacial score (nSPS) is 19.7. The number of anilines is 2. The lowest BCUT2D eigenvalue weighted by Crippen LogP contribution is -2.31. The van der Waals surface area contributed by atoms with Gasteiger partial charge in [-0.15, -0.1) is 11.8 Å². The minimum absolute atomic E-state index is 0.185. The van der Waals surface area contributed by atoms with Gasteiger partial charge in [0.1, 0.15) is 0 Å². The van der Waals surface area contributed by atoms with Gasteiger partial charge in [-0.1, -0.05) is 18.2 Å². The predicted octanol–water partition coefficient (Wildman–Crippen LogP) is 3.05. The van der Waals surface area contributed by atoms with Crippen LogP contribution in [0.2, 0.25) is 0 Å². The number of hydrogen-bond donors (Lipinski definition) is 1. The van der Waals surface area contributed by atoms with Crippen LogP contribution >= 0.6 is 11.8 Å². The summed E-state index contributed by atoms with van der Waals surface area (Å²) in [5, 5.41) is 0. The number of rotatable bonds is 2. The third kappa shape index (κ3) is 2.10. The van der Waals surface area contributed by atoms with Crippen LogP contribution in [0.5, 0.6) is 0 Å². The molecule has 0 saturated carbocycles. The molecule has 2 aliphatic rings. The van der Waals surface area contributed by atoms with Gasteiger partial charge in [-0.05, 0) is 35.4 Å². The van der Waals surface area contributed by atoms with Gasteiger partial charge in [0.25, 0.3) is 0 Å². The molecular weight excluding hydrogens is 280 g/mol. The summed E-state index contributed by atoms with van der Waals surface area (Å²) in [6.07, 6.45) is 0.474. The second-order valence-corrected chi connectivity index (χ2v) is 6.68. The first-order chi connectivity index (χ1) is 10.2. The molecule has 21 heavy (non-hydrogen) atoms. The van der Waals surface area contributed by atoms with E-state index in [9.17, 15) is 4.79 Å². The second kappa shape index (κ2) is 4.81. The van der Waals surface area contributed by atoms with Gasteiger partial charge in [0.05, 0.1) is 6.42 Å². The highest BCUT2D eigenvalue weighted by atomic mass is 32.2. The zero-order chi connectivity index (χ0) is 14.4. The maximum Gasteiger partial charge on any atom is 0.231 e. The number of nitrogens with two attached hydrogens (primary N) is 1. The minimum Gasteiger partial charge on any atom is -0.399 e. The quantitative estimate of drug-likeness (QED) is 0.866. The fraction of sp³-hybridized carbons (Fsp3) is 0.235. The van der Waals surface area contributed by atoms with E-state index in [1.807, 2.05) is 34.9 Å². The van der Waals surface area contributed by atoms with Crippen LogP contribution in [-0.2, 0) is 11.2 Å². The molecule has 2 aromatic rings. The van der Waals surface area contributed by atoms with Crippen LogP contribution in [0.3, 0.4) is 0 Å². The number of carbonyl (C=O) groups excluding carboxylic acids is 1. The predicted molar refractivity (Wildman–Crippen MR) is 86.8 cm³/mol. The lowest BCUT2D eigenvalue weighted by molar-refractivity contribution is -0.117. The minimum atomic E-state index is 0.185. The average Bonchev–Trinajstić information content (AvgIpc) is 3.01. The molecule has 1 atom stereocenters. The van der Waals surface area contributed by atoms with E-state index in [4.69, 9.17) is 5.73 Å². The van der Waals surface area contributed by atoms with Crippen LogP contribution in [0.25, 0.3) is 0 Å². The summed E-state index contributed by atoms with van der Waals surface area (Å²) in [5.74, 6) is 1.65. The van der Waals surface area contributed by atoms with Crippen LogP contribution in [0.4, 0.5) is 11.4 Å². The Bertz CT molecular complexity index is 728. The zero-order valence-corrected chi connectivity index (χ0v) is 12.4. The molecule has 4 heteroatoms. The van der Waals surface area contributed by atoms with E-state index in [0.717, 1.165) is 29.2 Å². The molecule has 0 aromatic heterocycles. The molecule has 106 valence electrons. The Balaban J connectivity index is 1.63. The van der Waals surface area contributed by atoms with Gasteiger partial charge in [-0.3, -0.25) is 4.79 Å². The first kappa shape index (κ1) is 12.8. The van der Waals surface area contributed by atoms with Crippen LogP contribution in [-0.4, -0.2) is 18.2 Å². The number of hydrogen-bond acceptors (Lipinski definition) is 3. The Morgan fingerprint density at radius 1 is 1.24 bits per heavy atom. The van der Waals surface area contributed by atoms with Gasteiger partial charge in [-0.2, -0.15) is 0 Å². The molecule has 4 rings (SSSR count). The van der Waals surface area contributed by atoms with E-state index in [-0.39, 0.29) is 5.91 Å². The third-order valence-corrected chi connectivity index (χ3v) is 5.49. The molecule has 0 bridgehead atoms. The highest BCUT2D eigenvalue weighted by Crippen LogP contribution is 2.41. The molecule has 0 fully saturated rings. The van der Waals surface area contributed by atoms with Crippen LogP contribution in [0, 0.1) is 0 Å². The summed E-state index contributed by atoms with van der Waals surface area (Å²) >= 11 is 1.89. The largest absolute Gasteiger partial charge is 0.399 e. The number of thioether (sulfide) groups is 1. The highest BCUT2D eigenvalue weighted by Gasteiger charge is 2.32. The van der Waals surface area contributed by atoms with Crippen molar-refractivity contribution in [1.82, 2.24) is 0 Å². The van der Waals surface area contributed by atoms with Crippen molar-refractivity contribution in [3.63, 3.8) is 0 Å². The lowest BCUT2D eigenvalue weighted by Gasteiger charge is -2.22. The van der Waals surface area contributed by atoms with Crippen LogP contribution < -0.4 is 10.6 Å². The molecule has 0 saturated heterocycles. The Kier molecular flexibility index (Phi) is 2.93. The summed E-state index contributed by atoms with van der Waals surface area (Å²) in [6.45, 7) is 0.764.